The predicted octanol–water partition coefficient (Wildman–Crippen LogP) is -0.373. The van der Waals surface area contributed by atoms with Crippen LogP contribution in [0.5, 0.6) is 0 Å². The minimum Gasteiger partial charge on any atom is -0.378 e. The van der Waals surface area contributed by atoms with Gasteiger partial charge in [-0.15, -0.1) is 0 Å². The second-order valence-corrected chi connectivity index (χ2v) is 5.17. The first-order valence-electron chi connectivity index (χ1n) is 7.13. The van der Waals surface area contributed by atoms with Gasteiger partial charge in [-0.3, -0.25) is 9.80 Å². The summed E-state index contributed by atoms with van der Waals surface area (Å²) in [6.07, 6.45) is 0.358. The molecule has 0 aromatic carbocycles. The summed E-state index contributed by atoms with van der Waals surface area (Å²) in [4.78, 5) is 4.99. The molecule has 0 aliphatic carbocycles. The summed E-state index contributed by atoms with van der Waals surface area (Å²) in [6, 6.07) is 0.490. The quantitative estimate of drug-likeness (QED) is 0.727. The van der Waals surface area contributed by atoms with E-state index in [1.54, 1.807) is 0 Å². The van der Waals surface area contributed by atoms with Gasteiger partial charge in [-0.25, -0.2) is 0 Å². The van der Waals surface area contributed by atoms with Crippen molar-refractivity contribution in [2.24, 2.45) is 0 Å². The Kier molecular flexibility index (Phi) is 5.85. The molecule has 2 unspecified atom stereocenters. The number of hydrogen-bond donors (Lipinski definition) is 1. The van der Waals surface area contributed by atoms with E-state index in [9.17, 15) is 0 Å². The van der Waals surface area contributed by atoms with Crippen LogP contribution < -0.4 is 5.32 Å². The number of rotatable bonds is 5. The average molecular weight is 257 g/mol. The molecular weight excluding hydrogens is 230 g/mol. The maximum atomic E-state index is 5.89. The van der Waals surface area contributed by atoms with Crippen LogP contribution in [0.2, 0.25) is 0 Å². The highest BCUT2D eigenvalue weighted by atomic mass is 16.5. The van der Waals surface area contributed by atoms with Gasteiger partial charge in [0.25, 0.3) is 0 Å². The molecule has 0 amide bonds. The monoisotopic (exact) mass is 257 g/mol. The number of hydrogen-bond acceptors (Lipinski definition) is 5. The van der Waals surface area contributed by atoms with E-state index in [1.807, 2.05) is 7.05 Å². The molecule has 0 spiro atoms. The van der Waals surface area contributed by atoms with E-state index < -0.39 is 0 Å². The highest BCUT2D eigenvalue weighted by molar-refractivity contribution is 4.81. The molecule has 5 heteroatoms. The molecule has 0 aromatic heterocycles. The first kappa shape index (κ1) is 14.2. The van der Waals surface area contributed by atoms with Gasteiger partial charge in [-0.1, -0.05) is 6.92 Å². The lowest BCUT2D eigenvalue weighted by Crippen LogP contribution is -2.55. The first-order valence-corrected chi connectivity index (χ1v) is 7.13. The fraction of sp³-hybridized carbons (Fsp3) is 1.00. The zero-order valence-corrected chi connectivity index (χ0v) is 11.7. The van der Waals surface area contributed by atoms with E-state index in [-0.39, 0.29) is 0 Å². The van der Waals surface area contributed by atoms with Crippen LogP contribution in [-0.2, 0) is 9.47 Å². The van der Waals surface area contributed by atoms with Gasteiger partial charge in [0.05, 0.1) is 25.9 Å². The molecule has 2 rings (SSSR count). The Morgan fingerprint density at radius 2 is 2.17 bits per heavy atom. The zero-order valence-electron chi connectivity index (χ0n) is 11.7. The highest BCUT2D eigenvalue weighted by Gasteiger charge is 2.27. The molecule has 2 heterocycles. The van der Waals surface area contributed by atoms with Crippen LogP contribution >= 0.6 is 0 Å². The van der Waals surface area contributed by atoms with Crippen molar-refractivity contribution in [1.29, 1.82) is 0 Å². The predicted molar refractivity (Wildman–Crippen MR) is 72.0 cm³/mol. The van der Waals surface area contributed by atoms with Crippen LogP contribution in [0.25, 0.3) is 0 Å². The lowest BCUT2D eigenvalue weighted by Gasteiger charge is -2.40. The molecule has 106 valence electrons. The van der Waals surface area contributed by atoms with E-state index in [0.717, 1.165) is 59.1 Å². The van der Waals surface area contributed by atoms with Crippen LogP contribution in [-0.4, -0.2) is 88.1 Å². The number of nitrogens with one attached hydrogen (secondary N) is 1. The molecule has 2 fully saturated rings. The van der Waals surface area contributed by atoms with Crippen molar-refractivity contribution < 1.29 is 9.47 Å². The molecule has 2 aliphatic heterocycles. The number of ether oxygens (including phenoxy) is 2. The molecule has 18 heavy (non-hydrogen) atoms. The Balaban J connectivity index is 1.82. The van der Waals surface area contributed by atoms with Gasteiger partial charge in [0.1, 0.15) is 0 Å². The van der Waals surface area contributed by atoms with Crippen LogP contribution in [0.15, 0.2) is 0 Å². The van der Waals surface area contributed by atoms with E-state index in [0.29, 0.717) is 12.1 Å². The summed E-state index contributed by atoms with van der Waals surface area (Å²) >= 11 is 0. The lowest BCUT2D eigenvalue weighted by molar-refractivity contribution is -0.0713. The van der Waals surface area contributed by atoms with Crippen LogP contribution in [0.1, 0.15) is 6.92 Å². The molecule has 2 atom stereocenters. The topological polar surface area (TPSA) is 37.0 Å². The summed E-state index contributed by atoms with van der Waals surface area (Å²) in [7, 11) is 2.00. The van der Waals surface area contributed by atoms with Gasteiger partial charge in [0, 0.05) is 38.8 Å². The summed E-state index contributed by atoms with van der Waals surface area (Å²) in [5, 5.41) is 3.25. The molecule has 0 saturated carbocycles. The normalized spacial score (nSPS) is 31.7. The van der Waals surface area contributed by atoms with Gasteiger partial charge in [-0.2, -0.15) is 0 Å². The summed E-state index contributed by atoms with van der Waals surface area (Å²) in [5.74, 6) is 0. The van der Waals surface area contributed by atoms with Crippen molar-refractivity contribution in [2.75, 3.05) is 66.1 Å². The van der Waals surface area contributed by atoms with Crippen LogP contribution in [0.4, 0.5) is 0 Å². The fourth-order valence-electron chi connectivity index (χ4n) is 2.79. The molecule has 0 aromatic rings. The third kappa shape index (κ3) is 3.90. The summed E-state index contributed by atoms with van der Waals surface area (Å²) in [5.41, 5.74) is 0. The SMILES string of the molecule is CCN1CCOC(CN2CCOCC2CNC)C1. The smallest absolute Gasteiger partial charge is 0.0829 e. The molecule has 0 radical (unpaired) electrons. The number of morpholine rings is 2. The van der Waals surface area contributed by atoms with E-state index >= 15 is 0 Å². The van der Waals surface area contributed by atoms with Crippen molar-refractivity contribution >= 4 is 0 Å². The van der Waals surface area contributed by atoms with Gasteiger partial charge < -0.3 is 14.8 Å². The third-order valence-corrected chi connectivity index (χ3v) is 3.90. The Hall–Kier alpha value is -0.200. The van der Waals surface area contributed by atoms with Crippen molar-refractivity contribution in [2.45, 2.75) is 19.1 Å². The minimum absolute atomic E-state index is 0.358. The Morgan fingerprint density at radius 1 is 1.28 bits per heavy atom. The van der Waals surface area contributed by atoms with Gasteiger partial charge in [-0.05, 0) is 13.6 Å². The second-order valence-electron chi connectivity index (χ2n) is 5.17. The molecule has 1 N–H and O–H groups in total. The lowest BCUT2D eigenvalue weighted by atomic mass is 10.2. The Bertz CT molecular complexity index is 238. The van der Waals surface area contributed by atoms with Crippen molar-refractivity contribution in [3.8, 4) is 0 Å². The first-order chi connectivity index (χ1) is 8.83. The number of likely N-dealkylation sites (N-methyl/N-ethyl adjacent to an activating group) is 2. The summed E-state index contributed by atoms with van der Waals surface area (Å²) in [6.45, 7) is 11.1. The molecule has 2 aliphatic rings. The maximum Gasteiger partial charge on any atom is 0.0829 e. The molecule has 2 saturated heterocycles. The van der Waals surface area contributed by atoms with E-state index in [1.165, 1.54) is 0 Å². The van der Waals surface area contributed by atoms with Gasteiger partial charge >= 0.3 is 0 Å². The van der Waals surface area contributed by atoms with Gasteiger partial charge in [0.15, 0.2) is 0 Å². The van der Waals surface area contributed by atoms with Crippen molar-refractivity contribution in [3.05, 3.63) is 0 Å². The molecular formula is C13H27N3O2. The number of nitrogens with zero attached hydrogens (tertiary/aromatic N) is 2. The van der Waals surface area contributed by atoms with E-state index in [4.69, 9.17) is 9.47 Å². The Labute approximate surface area is 110 Å². The average Bonchev–Trinajstić information content (AvgIpc) is 2.41. The van der Waals surface area contributed by atoms with Crippen LogP contribution in [0, 0.1) is 0 Å². The standard InChI is InChI=1S/C13H27N3O2/c1-3-15-4-7-18-13(9-15)10-16-5-6-17-11-12(16)8-14-2/h12-14H,3-11H2,1-2H3. The van der Waals surface area contributed by atoms with Gasteiger partial charge in [0.2, 0.25) is 0 Å². The minimum atomic E-state index is 0.358. The van der Waals surface area contributed by atoms with Crippen molar-refractivity contribution in [1.82, 2.24) is 15.1 Å². The zero-order chi connectivity index (χ0) is 12.8. The van der Waals surface area contributed by atoms with Crippen molar-refractivity contribution in [3.63, 3.8) is 0 Å². The summed E-state index contributed by atoms with van der Waals surface area (Å²) < 4.78 is 11.5. The molecule has 0 bridgehead atoms. The fourth-order valence-corrected chi connectivity index (χ4v) is 2.79. The Morgan fingerprint density at radius 3 is 2.94 bits per heavy atom. The largest absolute Gasteiger partial charge is 0.378 e. The molecule has 5 nitrogen and oxygen atoms in total. The van der Waals surface area contributed by atoms with E-state index in [2.05, 4.69) is 22.0 Å². The van der Waals surface area contributed by atoms with Crippen LogP contribution in [0.3, 0.4) is 0 Å². The second kappa shape index (κ2) is 7.40. The maximum absolute atomic E-state index is 5.89. The third-order valence-electron chi connectivity index (χ3n) is 3.90. The highest BCUT2D eigenvalue weighted by Crippen LogP contribution is 2.11.